The van der Waals surface area contributed by atoms with Crippen LogP contribution in [0.2, 0.25) is 0 Å². The number of nitrogens with zero attached hydrogens (tertiary/aromatic N) is 1. The average molecular weight is 246 g/mol. The number of nitrogens with one attached hydrogen (secondary N) is 1. The molecule has 1 fully saturated rings. The van der Waals surface area contributed by atoms with E-state index in [-0.39, 0.29) is 5.54 Å². The van der Waals surface area contributed by atoms with Gasteiger partial charge in [-0.3, -0.25) is 0 Å². The monoisotopic (exact) mass is 246 g/mol. The van der Waals surface area contributed by atoms with Gasteiger partial charge in [0.05, 0.1) is 0 Å². The lowest BCUT2D eigenvalue weighted by molar-refractivity contribution is 0.306. The Balaban J connectivity index is 2.21. The zero-order valence-electron chi connectivity index (χ0n) is 12.2. The molecule has 0 spiro atoms. The SMILES string of the molecule is CCc1ccc(N2CC(C)(C)NCC2CC)cc1. The fourth-order valence-corrected chi connectivity index (χ4v) is 2.71. The highest BCUT2D eigenvalue weighted by Crippen LogP contribution is 2.25. The zero-order chi connectivity index (χ0) is 13.2. The molecule has 0 radical (unpaired) electrons. The first kappa shape index (κ1) is 13.4. The van der Waals surface area contributed by atoms with Gasteiger partial charge >= 0.3 is 0 Å². The molecule has 1 heterocycles. The average Bonchev–Trinajstić information content (AvgIpc) is 2.38. The molecule has 1 aromatic carbocycles. The first-order valence-corrected chi connectivity index (χ1v) is 7.16. The summed E-state index contributed by atoms with van der Waals surface area (Å²) in [6.07, 6.45) is 2.31. The van der Waals surface area contributed by atoms with Crippen LogP contribution in [0.25, 0.3) is 0 Å². The topological polar surface area (TPSA) is 15.3 Å². The van der Waals surface area contributed by atoms with Gasteiger partial charge in [0, 0.05) is 30.4 Å². The Kier molecular flexibility index (Phi) is 3.96. The fraction of sp³-hybridized carbons (Fsp3) is 0.625. The maximum absolute atomic E-state index is 3.64. The summed E-state index contributed by atoms with van der Waals surface area (Å²) in [7, 11) is 0. The Morgan fingerprint density at radius 1 is 1.22 bits per heavy atom. The molecule has 1 atom stereocenters. The van der Waals surface area contributed by atoms with Crippen molar-refractivity contribution in [3.8, 4) is 0 Å². The molecule has 1 unspecified atom stereocenters. The summed E-state index contributed by atoms with van der Waals surface area (Å²) in [4.78, 5) is 2.57. The molecule has 2 nitrogen and oxygen atoms in total. The van der Waals surface area contributed by atoms with Crippen LogP contribution in [0.5, 0.6) is 0 Å². The van der Waals surface area contributed by atoms with Crippen molar-refractivity contribution in [2.24, 2.45) is 0 Å². The lowest BCUT2D eigenvalue weighted by atomic mass is 9.96. The highest BCUT2D eigenvalue weighted by Gasteiger charge is 2.31. The molecule has 100 valence electrons. The smallest absolute Gasteiger partial charge is 0.0412 e. The van der Waals surface area contributed by atoms with E-state index in [1.807, 2.05) is 0 Å². The molecule has 0 bridgehead atoms. The first-order valence-electron chi connectivity index (χ1n) is 7.16. The molecule has 1 aliphatic heterocycles. The van der Waals surface area contributed by atoms with Gasteiger partial charge in [-0.25, -0.2) is 0 Å². The van der Waals surface area contributed by atoms with Crippen LogP contribution in [0.1, 0.15) is 39.7 Å². The minimum absolute atomic E-state index is 0.203. The van der Waals surface area contributed by atoms with Crippen molar-refractivity contribution in [1.29, 1.82) is 0 Å². The number of piperazine rings is 1. The molecular formula is C16H26N2. The van der Waals surface area contributed by atoms with Gasteiger partial charge in [-0.2, -0.15) is 0 Å². The summed E-state index contributed by atoms with van der Waals surface area (Å²) in [5, 5.41) is 3.64. The third kappa shape index (κ3) is 2.86. The van der Waals surface area contributed by atoms with Gasteiger partial charge in [-0.1, -0.05) is 26.0 Å². The molecule has 2 heteroatoms. The summed E-state index contributed by atoms with van der Waals surface area (Å²) in [6.45, 7) is 11.2. The Morgan fingerprint density at radius 3 is 2.44 bits per heavy atom. The van der Waals surface area contributed by atoms with Crippen LogP contribution in [0, 0.1) is 0 Å². The second-order valence-corrected chi connectivity index (χ2v) is 5.97. The molecular weight excluding hydrogens is 220 g/mol. The minimum atomic E-state index is 0.203. The van der Waals surface area contributed by atoms with Crippen LogP contribution in [0.3, 0.4) is 0 Å². The van der Waals surface area contributed by atoms with Crippen LogP contribution in [0.4, 0.5) is 5.69 Å². The van der Waals surface area contributed by atoms with E-state index in [4.69, 9.17) is 0 Å². The van der Waals surface area contributed by atoms with E-state index in [1.165, 1.54) is 17.7 Å². The van der Waals surface area contributed by atoms with Crippen LogP contribution < -0.4 is 10.2 Å². The van der Waals surface area contributed by atoms with Crippen molar-refractivity contribution < 1.29 is 0 Å². The summed E-state index contributed by atoms with van der Waals surface area (Å²) >= 11 is 0. The lowest BCUT2D eigenvalue weighted by Crippen LogP contribution is -2.61. The van der Waals surface area contributed by atoms with E-state index in [2.05, 4.69) is 62.2 Å². The number of rotatable bonds is 3. The molecule has 1 aromatic rings. The summed E-state index contributed by atoms with van der Waals surface area (Å²) in [5.41, 5.74) is 2.99. The quantitative estimate of drug-likeness (QED) is 0.881. The second kappa shape index (κ2) is 5.31. The second-order valence-electron chi connectivity index (χ2n) is 5.97. The largest absolute Gasteiger partial charge is 0.365 e. The first-order chi connectivity index (χ1) is 8.55. The number of hydrogen-bond acceptors (Lipinski definition) is 2. The van der Waals surface area contributed by atoms with Crippen LogP contribution in [-0.2, 0) is 6.42 Å². The third-order valence-electron chi connectivity index (χ3n) is 3.97. The van der Waals surface area contributed by atoms with E-state index < -0.39 is 0 Å². The van der Waals surface area contributed by atoms with Crippen LogP contribution in [-0.4, -0.2) is 24.7 Å². The standard InChI is InChI=1S/C16H26N2/c1-5-13-7-9-15(10-8-13)18-12-16(3,4)17-11-14(18)6-2/h7-10,14,17H,5-6,11-12H2,1-4H3. The van der Waals surface area contributed by atoms with Crippen molar-refractivity contribution in [2.75, 3.05) is 18.0 Å². The Labute approximate surface area is 111 Å². The number of aryl methyl sites for hydroxylation is 1. The summed E-state index contributed by atoms with van der Waals surface area (Å²) in [5.74, 6) is 0. The van der Waals surface area contributed by atoms with Crippen molar-refractivity contribution in [1.82, 2.24) is 5.32 Å². The van der Waals surface area contributed by atoms with Gasteiger partial charge in [-0.05, 0) is 44.4 Å². The molecule has 1 saturated heterocycles. The van der Waals surface area contributed by atoms with E-state index >= 15 is 0 Å². The maximum Gasteiger partial charge on any atom is 0.0412 e. The molecule has 1 aliphatic rings. The maximum atomic E-state index is 3.64. The lowest BCUT2D eigenvalue weighted by Gasteiger charge is -2.45. The van der Waals surface area contributed by atoms with Crippen molar-refractivity contribution >= 4 is 5.69 Å². The van der Waals surface area contributed by atoms with Gasteiger partial charge in [0.1, 0.15) is 0 Å². The highest BCUT2D eigenvalue weighted by atomic mass is 15.2. The van der Waals surface area contributed by atoms with Crippen LogP contribution in [0.15, 0.2) is 24.3 Å². The summed E-state index contributed by atoms with van der Waals surface area (Å²) < 4.78 is 0. The predicted octanol–water partition coefficient (Wildman–Crippen LogP) is 3.22. The Morgan fingerprint density at radius 2 is 1.89 bits per heavy atom. The predicted molar refractivity (Wildman–Crippen MR) is 79.3 cm³/mol. The molecule has 2 rings (SSSR count). The van der Waals surface area contributed by atoms with Gasteiger partial charge < -0.3 is 10.2 Å². The van der Waals surface area contributed by atoms with E-state index in [9.17, 15) is 0 Å². The van der Waals surface area contributed by atoms with Crippen LogP contribution >= 0.6 is 0 Å². The van der Waals surface area contributed by atoms with Crippen molar-refractivity contribution in [2.45, 2.75) is 52.1 Å². The molecule has 0 aromatic heterocycles. The van der Waals surface area contributed by atoms with Gasteiger partial charge in [0.25, 0.3) is 0 Å². The minimum Gasteiger partial charge on any atom is -0.365 e. The normalized spacial score (nSPS) is 23.1. The summed E-state index contributed by atoms with van der Waals surface area (Å²) in [6, 6.07) is 9.70. The third-order valence-corrected chi connectivity index (χ3v) is 3.97. The zero-order valence-corrected chi connectivity index (χ0v) is 12.2. The van der Waals surface area contributed by atoms with E-state index in [0.29, 0.717) is 6.04 Å². The van der Waals surface area contributed by atoms with Gasteiger partial charge in [0.15, 0.2) is 0 Å². The Bertz CT molecular complexity index is 381. The van der Waals surface area contributed by atoms with E-state index in [1.54, 1.807) is 0 Å². The molecule has 18 heavy (non-hydrogen) atoms. The van der Waals surface area contributed by atoms with Gasteiger partial charge in [0.2, 0.25) is 0 Å². The number of anilines is 1. The fourth-order valence-electron chi connectivity index (χ4n) is 2.71. The molecule has 0 amide bonds. The van der Waals surface area contributed by atoms with E-state index in [0.717, 1.165) is 19.5 Å². The number of benzene rings is 1. The Hall–Kier alpha value is -1.02. The van der Waals surface area contributed by atoms with Gasteiger partial charge in [-0.15, -0.1) is 0 Å². The molecule has 0 aliphatic carbocycles. The number of hydrogen-bond donors (Lipinski definition) is 1. The van der Waals surface area contributed by atoms with Crippen molar-refractivity contribution in [3.05, 3.63) is 29.8 Å². The molecule has 1 N–H and O–H groups in total. The highest BCUT2D eigenvalue weighted by molar-refractivity contribution is 5.50. The van der Waals surface area contributed by atoms with Crippen molar-refractivity contribution in [3.63, 3.8) is 0 Å². The molecule has 0 saturated carbocycles.